The van der Waals surface area contributed by atoms with Crippen LogP contribution in [0.3, 0.4) is 0 Å². The topological polar surface area (TPSA) is 27.6 Å². The minimum absolute atomic E-state index is 0.700. The number of rotatable bonds is 6. The molecule has 0 atom stereocenters. The van der Waals surface area contributed by atoms with E-state index in [4.69, 9.17) is 6.42 Å². The first-order chi connectivity index (χ1) is 9.24. The van der Waals surface area contributed by atoms with E-state index in [1.807, 2.05) is 37.2 Å². The van der Waals surface area contributed by atoms with E-state index < -0.39 is 0 Å². The number of terminal acetylenes is 1. The van der Waals surface area contributed by atoms with Gasteiger partial charge in [0, 0.05) is 27.1 Å². The van der Waals surface area contributed by atoms with Crippen LogP contribution in [0.15, 0.2) is 35.3 Å². The molecule has 1 rings (SSSR count). The standard InChI is InChI=1S/C16H23N3/c1-4-5-6-10-13-17-16(19(2)3)18-14-15-11-8-7-9-12-15/h1,7-9,11-12H,5-6,10,13-14H2,2-3H3,(H,17,18). The minimum atomic E-state index is 0.700. The fourth-order valence-electron chi connectivity index (χ4n) is 1.66. The van der Waals surface area contributed by atoms with E-state index in [0.29, 0.717) is 6.54 Å². The van der Waals surface area contributed by atoms with Crippen molar-refractivity contribution < 1.29 is 0 Å². The first-order valence-corrected chi connectivity index (χ1v) is 6.67. The molecule has 0 aliphatic carbocycles. The maximum atomic E-state index is 5.23. The van der Waals surface area contributed by atoms with Crippen LogP contribution in [-0.2, 0) is 6.54 Å². The van der Waals surface area contributed by atoms with Crippen LogP contribution in [0.1, 0.15) is 24.8 Å². The molecular weight excluding hydrogens is 234 g/mol. The Morgan fingerprint density at radius 3 is 2.63 bits per heavy atom. The Kier molecular flexibility index (Phi) is 7.19. The maximum Gasteiger partial charge on any atom is 0.193 e. The molecule has 19 heavy (non-hydrogen) atoms. The summed E-state index contributed by atoms with van der Waals surface area (Å²) in [5, 5.41) is 3.36. The molecule has 0 aliphatic rings. The molecule has 0 unspecified atom stereocenters. The van der Waals surface area contributed by atoms with Crippen LogP contribution in [-0.4, -0.2) is 31.5 Å². The first kappa shape index (κ1) is 15.1. The molecule has 0 aromatic heterocycles. The van der Waals surface area contributed by atoms with Crippen molar-refractivity contribution in [2.75, 3.05) is 20.6 Å². The highest BCUT2D eigenvalue weighted by Gasteiger charge is 2.00. The van der Waals surface area contributed by atoms with Gasteiger partial charge in [0.15, 0.2) is 5.96 Å². The van der Waals surface area contributed by atoms with Crippen LogP contribution in [0.2, 0.25) is 0 Å². The van der Waals surface area contributed by atoms with Crippen molar-refractivity contribution in [3.05, 3.63) is 35.9 Å². The molecule has 1 aromatic carbocycles. The molecule has 3 heteroatoms. The minimum Gasteiger partial charge on any atom is -0.356 e. The number of hydrogen-bond donors (Lipinski definition) is 1. The van der Waals surface area contributed by atoms with Crippen LogP contribution < -0.4 is 5.32 Å². The molecule has 1 N–H and O–H groups in total. The van der Waals surface area contributed by atoms with Gasteiger partial charge in [0.25, 0.3) is 0 Å². The number of aliphatic imine (C=N–C) groups is 1. The molecule has 0 radical (unpaired) electrons. The number of guanidine groups is 1. The molecule has 3 nitrogen and oxygen atoms in total. The number of hydrogen-bond acceptors (Lipinski definition) is 1. The van der Waals surface area contributed by atoms with Gasteiger partial charge < -0.3 is 10.2 Å². The SMILES string of the molecule is C#CCCCCNC(=NCc1ccccc1)N(C)C. The molecule has 1 aromatic rings. The van der Waals surface area contributed by atoms with Gasteiger partial charge in [0.1, 0.15) is 0 Å². The summed E-state index contributed by atoms with van der Waals surface area (Å²) in [6, 6.07) is 10.3. The fraction of sp³-hybridized carbons (Fsp3) is 0.438. The van der Waals surface area contributed by atoms with E-state index in [9.17, 15) is 0 Å². The van der Waals surface area contributed by atoms with E-state index >= 15 is 0 Å². The third-order valence-electron chi connectivity index (χ3n) is 2.71. The molecule has 0 heterocycles. The molecule has 0 amide bonds. The van der Waals surface area contributed by atoms with Crippen LogP contribution in [0.25, 0.3) is 0 Å². The Labute approximate surface area is 116 Å². The summed E-state index contributed by atoms with van der Waals surface area (Å²) < 4.78 is 0. The average molecular weight is 257 g/mol. The van der Waals surface area contributed by atoms with Gasteiger partial charge in [-0.05, 0) is 18.4 Å². The lowest BCUT2D eigenvalue weighted by molar-refractivity contribution is 0.571. The zero-order chi connectivity index (χ0) is 13.9. The van der Waals surface area contributed by atoms with Crippen LogP contribution in [0.4, 0.5) is 0 Å². The number of nitrogens with zero attached hydrogens (tertiary/aromatic N) is 2. The predicted octanol–water partition coefficient (Wildman–Crippen LogP) is 2.50. The van der Waals surface area contributed by atoms with E-state index in [1.165, 1.54) is 5.56 Å². The van der Waals surface area contributed by atoms with Crippen LogP contribution >= 0.6 is 0 Å². The Bertz CT molecular complexity index is 415. The lowest BCUT2D eigenvalue weighted by Crippen LogP contribution is -2.37. The van der Waals surface area contributed by atoms with Gasteiger partial charge in [0.2, 0.25) is 0 Å². The Morgan fingerprint density at radius 2 is 2.00 bits per heavy atom. The fourth-order valence-corrected chi connectivity index (χ4v) is 1.66. The second kappa shape index (κ2) is 9.04. The van der Waals surface area contributed by atoms with Crippen molar-refractivity contribution in [3.8, 4) is 12.3 Å². The molecule has 0 saturated heterocycles. The van der Waals surface area contributed by atoms with E-state index in [1.54, 1.807) is 0 Å². The zero-order valence-corrected chi connectivity index (χ0v) is 11.9. The average Bonchev–Trinajstić information content (AvgIpc) is 2.42. The lowest BCUT2D eigenvalue weighted by Gasteiger charge is -2.17. The molecule has 0 saturated carbocycles. The normalized spacial score (nSPS) is 10.9. The molecule has 0 fully saturated rings. The van der Waals surface area contributed by atoms with E-state index in [0.717, 1.165) is 31.8 Å². The number of benzene rings is 1. The van der Waals surface area contributed by atoms with Crippen molar-refractivity contribution >= 4 is 5.96 Å². The second-order valence-electron chi connectivity index (χ2n) is 4.61. The van der Waals surface area contributed by atoms with Crippen molar-refractivity contribution in [2.45, 2.75) is 25.8 Å². The second-order valence-corrected chi connectivity index (χ2v) is 4.61. The summed E-state index contributed by atoms with van der Waals surface area (Å²) in [5.41, 5.74) is 1.22. The lowest BCUT2D eigenvalue weighted by atomic mass is 10.2. The number of unbranched alkanes of at least 4 members (excludes halogenated alkanes) is 2. The van der Waals surface area contributed by atoms with Gasteiger partial charge in [-0.3, -0.25) is 0 Å². The molecule has 0 aliphatic heterocycles. The smallest absolute Gasteiger partial charge is 0.193 e. The van der Waals surface area contributed by atoms with Crippen molar-refractivity contribution in [1.29, 1.82) is 0 Å². The highest BCUT2D eigenvalue weighted by atomic mass is 15.3. The Morgan fingerprint density at radius 1 is 1.26 bits per heavy atom. The monoisotopic (exact) mass is 257 g/mol. The number of nitrogens with one attached hydrogen (secondary N) is 1. The summed E-state index contributed by atoms with van der Waals surface area (Å²) in [4.78, 5) is 6.61. The van der Waals surface area contributed by atoms with Crippen LogP contribution in [0.5, 0.6) is 0 Å². The van der Waals surface area contributed by atoms with Crippen molar-refractivity contribution in [3.63, 3.8) is 0 Å². The summed E-state index contributed by atoms with van der Waals surface area (Å²) in [6.45, 7) is 1.61. The largest absolute Gasteiger partial charge is 0.356 e. The first-order valence-electron chi connectivity index (χ1n) is 6.67. The van der Waals surface area contributed by atoms with Crippen LogP contribution in [0, 0.1) is 12.3 Å². The molecular formula is C16H23N3. The summed E-state index contributed by atoms with van der Waals surface area (Å²) >= 11 is 0. The quantitative estimate of drug-likeness (QED) is 0.367. The van der Waals surface area contributed by atoms with Gasteiger partial charge in [-0.15, -0.1) is 12.3 Å². The van der Waals surface area contributed by atoms with Gasteiger partial charge >= 0.3 is 0 Å². The van der Waals surface area contributed by atoms with Crippen molar-refractivity contribution in [2.24, 2.45) is 4.99 Å². The molecule has 102 valence electrons. The zero-order valence-electron chi connectivity index (χ0n) is 11.9. The highest BCUT2D eigenvalue weighted by molar-refractivity contribution is 5.79. The van der Waals surface area contributed by atoms with Gasteiger partial charge in [-0.2, -0.15) is 0 Å². The van der Waals surface area contributed by atoms with E-state index in [-0.39, 0.29) is 0 Å². The third kappa shape index (κ3) is 6.52. The Hall–Kier alpha value is -1.95. The van der Waals surface area contributed by atoms with Crippen molar-refractivity contribution in [1.82, 2.24) is 10.2 Å². The summed E-state index contributed by atoms with van der Waals surface area (Å²) in [5.74, 6) is 3.58. The summed E-state index contributed by atoms with van der Waals surface area (Å²) in [6.07, 6.45) is 8.21. The van der Waals surface area contributed by atoms with Gasteiger partial charge in [-0.25, -0.2) is 4.99 Å². The van der Waals surface area contributed by atoms with E-state index in [2.05, 4.69) is 28.4 Å². The summed E-state index contributed by atoms with van der Waals surface area (Å²) in [7, 11) is 4.00. The highest BCUT2D eigenvalue weighted by Crippen LogP contribution is 2.00. The maximum absolute atomic E-state index is 5.23. The predicted molar refractivity (Wildman–Crippen MR) is 82.0 cm³/mol. The van der Waals surface area contributed by atoms with Gasteiger partial charge in [-0.1, -0.05) is 30.3 Å². The third-order valence-corrected chi connectivity index (χ3v) is 2.71. The van der Waals surface area contributed by atoms with Gasteiger partial charge in [0.05, 0.1) is 6.54 Å². The molecule has 0 spiro atoms. The molecule has 0 bridgehead atoms. The Balaban J connectivity index is 2.41.